The molecule has 0 spiro atoms. The summed E-state index contributed by atoms with van der Waals surface area (Å²) in [7, 11) is 4.02. The largest absolute Gasteiger partial charge is 0.481 e. The van der Waals surface area contributed by atoms with Crippen molar-refractivity contribution in [2.75, 3.05) is 86.7 Å². The van der Waals surface area contributed by atoms with E-state index in [0.717, 1.165) is 77.5 Å². The fraction of sp³-hybridized carbons (Fsp3) is 0.494. The monoisotopic (exact) mass is 1520 g/mol. The highest BCUT2D eigenvalue weighted by Gasteiger charge is 2.60. The molecular formula is C79H91ClF2N20O8. The first-order chi connectivity index (χ1) is 51.9. The molecule has 6 aromatic heterocycles. The fourth-order valence-corrected chi connectivity index (χ4v) is 15.3. The Morgan fingerprint density at radius 3 is 1.35 bits per heavy atom. The lowest BCUT2D eigenvalue weighted by Crippen LogP contribution is -2.59. The van der Waals surface area contributed by atoms with Crippen molar-refractivity contribution in [1.82, 2.24) is 59.7 Å². The average Bonchev–Trinajstić information content (AvgIpc) is 1.29. The molecule has 6 saturated carbocycles. The summed E-state index contributed by atoms with van der Waals surface area (Å²) in [5.74, 6) is -1.51. The topological polar surface area (TPSA) is 361 Å². The molecule has 2 unspecified atom stereocenters. The number of esters is 1. The lowest BCUT2D eigenvalue weighted by Gasteiger charge is -2.61. The number of hydrogen-bond acceptors (Lipinski definition) is 23. The molecular weight excluding hydrogens is 1430 g/mol. The van der Waals surface area contributed by atoms with Crippen LogP contribution in [0, 0.1) is 106 Å². The van der Waals surface area contributed by atoms with Gasteiger partial charge in [-0.3, -0.25) is 29.4 Å². The summed E-state index contributed by atoms with van der Waals surface area (Å²) < 4.78 is 49.0. The Balaban J connectivity index is 0.000000194. The van der Waals surface area contributed by atoms with Gasteiger partial charge in [-0.1, -0.05) is 83.1 Å². The number of rotatable bonds is 19. The third-order valence-electron chi connectivity index (χ3n) is 21.5. The van der Waals surface area contributed by atoms with E-state index in [1.807, 2.05) is 50.4 Å². The lowest BCUT2D eigenvalue weighted by molar-refractivity contribution is -0.158. The van der Waals surface area contributed by atoms with E-state index < -0.39 is 61.0 Å². The van der Waals surface area contributed by atoms with Crippen molar-refractivity contribution in [1.29, 1.82) is 21.0 Å². The minimum Gasteiger partial charge on any atom is -0.481 e. The van der Waals surface area contributed by atoms with Crippen LogP contribution in [0.25, 0.3) is 21.8 Å². The number of benzene rings is 2. The van der Waals surface area contributed by atoms with Crippen molar-refractivity contribution >= 4 is 80.3 Å². The molecule has 576 valence electrons. The van der Waals surface area contributed by atoms with E-state index in [1.165, 1.54) is 52.5 Å². The highest BCUT2D eigenvalue weighted by molar-refractivity contribution is 6.17. The minimum absolute atomic E-state index is 0. The second-order valence-corrected chi connectivity index (χ2v) is 32.1. The summed E-state index contributed by atoms with van der Waals surface area (Å²) in [6.07, 6.45) is 13.6. The first kappa shape index (κ1) is 80.0. The number of amides is 2. The van der Waals surface area contributed by atoms with Gasteiger partial charge in [0.1, 0.15) is 47.7 Å². The van der Waals surface area contributed by atoms with Crippen LogP contribution in [-0.4, -0.2) is 155 Å². The highest BCUT2D eigenvalue weighted by atomic mass is 35.5. The number of nitriles is 4. The van der Waals surface area contributed by atoms with Crippen LogP contribution in [0.2, 0.25) is 0 Å². The van der Waals surface area contributed by atoms with Gasteiger partial charge in [0.25, 0.3) is 0 Å². The zero-order valence-electron chi connectivity index (χ0n) is 62.6. The number of carboxylic acid groups (broad SMARTS) is 1. The van der Waals surface area contributed by atoms with Crippen LogP contribution in [0.1, 0.15) is 181 Å². The first-order valence-corrected chi connectivity index (χ1v) is 36.9. The quantitative estimate of drug-likeness (QED) is 0.0293. The second-order valence-electron chi connectivity index (χ2n) is 31.9. The standard InChI is InChI=1S/C39H43FN10O4.C32H31ClFN9O2.C7H13NO2.CH4/c1-23-29(6-7-32(40)45-23)35(31-20-49(47-46-31)39-14-24(15-39)16-39)50(37(52)54-22-53-36(51)25-8-10-48(5)11-9-25)28-12-26(17-41)33-30(13-28)34(27(18-42)19-43-33)44-21-38(2,3)4;1-18-23(5-6-26(34)39-18)29(25-15-42(41-40-25)32-9-19(10-32)11-32)43(30(44)45-17-33)22-7-20(12-35)27-24(8-22)28(21(13-36)14-37-27)38-16-31(2,3)4;1-8-4-2-6(3-5-8)7(9)10;/h6-7,12-13,19-20,24-25,35H,8-11,14-16,21-22H2,1-5H3,(H,43,44);5-8,14-15,19,29H,9-11,16-17H2,1-4H3,(H,37,38);6H,2-5H2,1H3,(H,9,10);1H4. The Hall–Kier alpha value is -11.1. The van der Waals surface area contributed by atoms with Crippen LogP contribution < -0.4 is 20.4 Å². The number of aromatic nitrogens is 10. The molecule has 3 N–H and O–H groups in total. The second kappa shape index (κ2) is 32.6. The number of carbonyl (C=O) groups is 4. The van der Waals surface area contributed by atoms with Crippen molar-refractivity contribution in [3.05, 3.63) is 141 Å². The maximum absolute atomic E-state index is 14.6. The molecule has 16 rings (SSSR count). The number of carboxylic acids is 1. The molecule has 6 aliphatic carbocycles. The minimum atomic E-state index is -1.08. The zero-order chi connectivity index (χ0) is 78.0. The molecule has 2 saturated heterocycles. The maximum Gasteiger partial charge on any atom is 0.418 e. The number of ether oxygens (including phenoxy) is 3. The first-order valence-electron chi connectivity index (χ1n) is 36.3. The maximum atomic E-state index is 14.6. The Morgan fingerprint density at radius 1 is 0.609 bits per heavy atom. The number of halogens is 3. The Bertz CT molecular complexity index is 4960. The molecule has 110 heavy (non-hydrogen) atoms. The molecule has 31 heteroatoms. The number of aliphatic carboxylic acids is 1. The number of carbonyl (C=O) groups excluding carboxylic acids is 3. The van der Waals surface area contributed by atoms with Gasteiger partial charge in [-0.25, -0.2) is 28.9 Å². The molecule has 2 aromatic carbocycles. The summed E-state index contributed by atoms with van der Waals surface area (Å²) in [5.41, 5.74) is 4.59. The number of likely N-dealkylation sites (tertiary alicyclic amines) is 2. The van der Waals surface area contributed by atoms with Gasteiger partial charge < -0.3 is 39.8 Å². The number of hydrogen-bond donors (Lipinski definition) is 3. The van der Waals surface area contributed by atoms with E-state index in [-0.39, 0.29) is 80.5 Å². The average molecular weight is 1520 g/mol. The van der Waals surface area contributed by atoms with E-state index in [0.29, 0.717) is 99.2 Å². The number of anilines is 4. The third kappa shape index (κ3) is 16.9. The van der Waals surface area contributed by atoms with Gasteiger partial charge in [-0.2, -0.15) is 29.8 Å². The molecule has 2 amide bonds. The fourth-order valence-electron chi connectivity index (χ4n) is 15.2. The van der Waals surface area contributed by atoms with Crippen molar-refractivity contribution < 1.29 is 47.3 Å². The van der Waals surface area contributed by atoms with Gasteiger partial charge in [0, 0.05) is 58.8 Å². The Kier molecular flexibility index (Phi) is 23.7. The summed E-state index contributed by atoms with van der Waals surface area (Å²) >= 11 is 5.90. The number of nitrogens with one attached hydrogen (secondary N) is 2. The number of nitrogens with zero attached hydrogens (tertiary/aromatic N) is 18. The van der Waals surface area contributed by atoms with Crippen molar-refractivity contribution in [2.24, 2.45) is 34.5 Å². The number of aryl methyl sites for hydroxylation is 2. The predicted molar refractivity (Wildman–Crippen MR) is 405 cm³/mol. The molecule has 8 heterocycles. The van der Waals surface area contributed by atoms with Gasteiger partial charge in [0.15, 0.2) is 6.07 Å². The smallest absolute Gasteiger partial charge is 0.418 e. The summed E-state index contributed by atoms with van der Waals surface area (Å²) in [6.45, 7) is 19.2. The number of piperidine rings is 2. The van der Waals surface area contributed by atoms with Crippen molar-refractivity contribution in [2.45, 2.75) is 150 Å². The van der Waals surface area contributed by atoms with Gasteiger partial charge >= 0.3 is 24.1 Å². The molecule has 8 aliphatic rings. The summed E-state index contributed by atoms with van der Waals surface area (Å²) in [4.78, 5) is 75.8. The summed E-state index contributed by atoms with van der Waals surface area (Å²) in [5, 5.41) is 75.0. The lowest BCUT2D eigenvalue weighted by atomic mass is 9.50. The SMILES string of the molecule is C.CN1CCC(C(=O)O)CC1.Cc1nc(F)ccc1C(c1cn(C23CC(C2)C3)nn1)N(C(=O)OCCl)c1cc(C#N)c2ncc(C#N)c(NCC(C)(C)C)c2c1.Cc1nc(F)ccc1C(c1cn(C23CC(C2)C3)nn1)N(C(=O)OCOC(=O)C1CCN(C)CC1)c1cc(C#N)c2ncc(C#N)c(NCC(C)(C)C)c2c1. The van der Waals surface area contributed by atoms with Crippen molar-refractivity contribution in [3.63, 3.8) is 0 Å². The van der Waals surface area contributed by atoms with Gasteiger partial charge in [0.05, 0.1) is 91.3 Å². The Labute approximate surface area is 642 Å². The number of pyridine rings is 4. The number of alkyl halides is 1. The van der Waals surface area contributed by atoms with E-state index >= 15 is 0 Å². The van der Waals surface area contributed by atoms with Crippen LogP contribution in [-0.2, 0) is 34.9 Å². The normalized spacial score (nSPS) is 19.8. The van der Waals surface area contributed by atoms with Crippen LogP contribution in [0.4, 0.5) is 41.1 Å². The third-order valence-corrected chi connectivity index (χ3v) is 21.6. The van der Waals surface area contributed by atoms with Crippen LogP contribution in [0.5, 0.6) is 0 Å². The highest BCUT2D eigenvalue weighted by Crippen LogP contribution is 2.63. The Morgan fingerprint density at radius 2 is 1.00 bits per heavy atom. The molecule has 8 fully saturated rings. The molecule has 2 atom stereocenters. The van der Waals surface area contributed by atoms with Gasteiger partial charge in [0.2, 0.25) is 18.7 Å². The van der Waals surface area contributed by atoms with Crippen LogP contribution >= 0.6 is 11.6 Å². The van der Waals surface area contributed by atoms with E-state index in [2.05, 4.69) is 106 Å². The van der Waals surface area contributed by atoms with Gasteiger partial charge in [-0.05, 0) is 177 Å². The van der Waals surface area contributed by atoms with Crippen molar-refractivity contribution in [3.8, 4) is 24.3 Å². The molecule has 0 radical (unpaired) electrons. The molecule has 2 aliphatic heterocycles. The molecule has 8 aromatic rings. The van der Waals surface area contributed by atoms with E-state index in [1.54, 1.807) is 38.2 Å². The summed E-state index contributed by atoms with van der Waals surface area (Å²) in [6, 6.07) is 18.1. The van der Waals surface area contributed by atoms with E-state index in [9.17, 15) is 49.0 Å². The predicted octanol–water partition coefficient (Wildman–Crippen LogP) is 13.3. The van der Waals surface area contributed by atoms with Crippen LogP contribution in [0.15, 0.2) is 73.3 Å². The van der Waals surface area contributed by atoms with Crippen LogP contribution in [0.3, 0.4) is 0 Å². The molecule has 28 nitrogen and oxygen atoms in total. The number of fused-ring (bicyclic) bond motifs is 2. The molecule has 4 bridgehead atoms. The van der Waals surface area contributed by atoms with E-state index in [4.69, 9.17) is 30.9 Å². The van der Waals surface area contributed by atoms with Gasteiger partial charge in [-0.15, -0.1) is 10.2 Å². The zero-order valence-corrected chi connectivity index (χ0v) is 63.4.